The van der Waals surface area contributed by atoms with Gasteiger partial charge in [0.2, 0.25) is 5.89 Å². The van der Waals surface area contributed by atoms with Gasteiger partial charge in [0.05, 0.1) is 13.2 Å². The molecule has 1 N–H and O–H groups in total. The number of aliphatic hydroxyl groups is 1. The van der Waals surface area contributed by atoms with Gasteiger partial charge < -0.3 is 9.63 Å². The summed E-state index contributed by atoms with van der Waals surface area (Å²) in [5.74, 6) is 1.42. The van der Waals surface area contributed by atoms with Crippen molar-refractivity contribution in [3.8, 4) is 0 Å². The molecule has 0 amide bonds. The van der Waals surface area contributed by atoms with E-state index in [4.69, 9.17) is 4.52 Å². The molecule has 6 heteroatoms. The zero-order valence-electron chi connectivity index (χ0n) is 14.3. The predicted molar refractivity (Wildman–Crippen MR) is 91.6 cm³/mol. The van der Waals surface area contributed by atoms with E-state index in [0.717, 1.165) is 38.4 Å². The van der Waals surface area contributed by atoms with Crippen LogP contribution in [0.2, 0.25) is 0 Å². The van der Waals surface area contributed by atoms with Crippen LogP contribution >= 0.6 is 0 Å². The molecule has 2 aromatic rings. The average molecular weight is 330 g/mol. The molecular formula is C18H26N4O2. The largest absolute Gasteiger partial charge is 0.395 e. The quantitative estimate of drug-likeness (QED) is 0.831. The Bertz CT molecular complexity index is 604. The average Bonchev–Trinajstić information content (AvgIpc) is 3.05. The van der Waals surface area contributed by atoms with Crippen LogP contribution in [0.4, 0.5) is 0 Å². The van der Waals surface area contributed by atoms with Crippen molar-refractivity contribution in [2.75, 3.05) is 32.8 Å². The van der Waals surface area contributed by atoms with E-state index >= 15 is 0 Å². The third-order valence-electron chi connectivity index (χ3n) is 4.68. The van der Waals surface area contributed by atoms with Crippen LogP contribution in [0.25, 0.3) is 0 Å². The number of benzene rings is 1. The van der Waals surface area contributed by atoms with E-state index in [1.54, 1.807) is 0 Å². The van der Waals surface area contributed by atoms with E-state index in [-0.39, 0.29) is 12.6 Å². The van der Waals surface area contributed by atoms with Gasteiger partial charge in [0.25, 0.3) is 0 Å². The lowest BCUT2D eigenvalue weighted by Crippen LogP contribution is -2.50. The highest BCUT2D eigenvalue weighted by Crippen LogP contribution is 2.12. The Kier molecular flexibility index (Phi) is 5.96. The number of nitrogens with zero attached hydrogens (tertiary/aromatic N) is 4. The fourth-order valence-electron chi connectivity index (χ4n) is 3.19. The molecule has 0 spiro atoms. The summed E-state index contributed by atoms with van der Waals surface area (Å²) < 4.78 is 5.40. The molecule has 1 aliphatic rings. The van der Waals surface area contributed by atoms with Gasteiger partial charge in [0.1, 0.15) is 0 Å². The predicted octanol–water partition coefficient (Wildman–Crippen LogP) is 1.55. The number of aromatic nitrogens is 2. The fourth-order valence-corrected chi connectivity index (χ4v) is 3.19. The Hall–Kier alpha value is -1.76. The van der Waals surface area contributed by atoms with Crippen LogP contribution < -0.4 is 0 Å². The minimum Gasteiger partial charge on any atom is -0.395 e. The van der Waals surface area contributed by atoms with E-state index in [1.165, 1.54) is 5.56 Å². The molecular weight excluding hydrogens is 304 g/mol. The van der Waals surface area contributed by atoms with Gasteiger partial charge in [0, 0.05) is 38.6 Å². The molecule has 1 aromatic carbocycles. The zero-order valence-corrected chi connectivity index (χ0v) is 14.3. The number of piperazine rings is 1. The van der Waals surface area contributed by atoms with Gasteiger partial charge in [-0.25, -0.2) is 0 Å². The maximum atomic E-state index is 9.41. The highest BCUT2D eigenvalue weighted by Gasteiger charge is 2.23. The number of aliphatic hydroxyl groups excluding tert-OH is 1. The molecule has 1 fully saturated rings. The first kappa shape index (κ1) is 17.1. The first-order valence-electron chi connectivity index (χ1n) is 8.71. The molecule has 0 radical (unpaired) electrons. The van der Waals surface area contributed by atoms with Crippen LogP contribution in [0.5, 0.6) is 0 Å². The van der Waals surface area contributed by atoms with Gasteiger partial charge in [-0.1, -0.05) is 42.4 Å². The summed E-state index contributed by atoms with van der Waals surface area (Å²) in [7, 11) is 0. The Balaban J connectivity index is 1.49. The summed E-state index contributed by atoms with van der Waals surface area (Å²) in [4.78, 5) is 9.21. The minimum absolute atomic E-state index is 0.239. The maximum Gasteiger partial charge on any atom is 0.240 e. The van der Waals surface area contributed by atoms with Crippen LogP contribution in [0.1, 0.15) is 30.6 Å². The SMILES string of the molecule is CCC(CO)N1CCN(Cc2nc(Cc3ccccc3)no2)CC1. The Morgan fingerprint density at radius 2 is 1.92 bits per heavy atom. The third-order valence-corrected chi connectivity index (χ3v) is 4.68. The highest BCUT2D eigenvalue weighted by molar-refractivity contribution is 5.18. The van der Waals surface area contributed by atoms with Gasteiger partial charge in [-0.15, -0.1) is 0 Å². The monoisotopic (exact) mass is 330 g/mol. The lowest BCUT2D eigenvalue weighted by Gasteiger charge is -2.37. The van der Waals surface area contributed by atoms with Gasteiger partial charge in [-0.05, 0) is 12.0 Å². The summed E-state index contributed by atoms with van der Waals surface area (Å²) in [6.45, 7) is 6.95. The van der Waals surface area contributed by atoms with Gasteiger partial charge in [-0.3, -0.25) is 9.80 Å². The van der Waals surface area contributed by atoms with Gasteiger partial charge in [-0.2, -0.15) is 4.98 Å². The van der Waals surface area contributed by atoms with Crippen molar-refractivity contribution in [1.29, 1.82) is 0 Å². The summed E-state index contributed by atoms with van der Waals surface area (Å²) in [6.07, 6.45) is 1.69. The molecule has 3 rings (SSSR count). The van der Waals surface area contributed by atoms with Crippen LogP contribution in [0.15, 0.2) is 34.9 Å². The second-order valence-electron chi connectivity index (χ2n) is 6.32. The van der Waals surface area contributed by atoms with Crippen molar-refractivity contribution < 1.29 is 9.63 Å². The molecule has 1 unspecified atom stereocenters. The van der Waals surface area contributed by atoms with Gasteiger partial charge >= 0.3 is 0 Å². The Morgan fingerprint density at radius 1 is 1.17 bits per heavy atom. The molecule has 1 aliphatic heterocycles. The van der Waals surface area contributed by atoms with Crippen LogP contribution in [-0.4, -0.2) is 63.9 Å². The summed E-state index contributed by atoms with van der Waals surface area (Å²) in [6, 6.07) is 10.5. The van der Waals surface area contributed by atoms with E-state index in [2.05, 4.69) is 39.0 Å². The lowest BCUT2D eigenvalue weighted by atomic mass is 10.1. The molecule has 24 heavy (non-hydrogen) atoms. The molecule has 1 atom stereocenters. The Labute approximate surface area is 143 Å². The van der Waals surface area contributed by atoms with Crippen LogP contribution in [0, 0.1) is 0 Å². The number of hydrogen-bond donors (Lipinski definition) is 1. The van der Waals surface area contributed by atoms with E-state index in [9.17, 15) is 5.11 Å². The smallest absolute Gasteiger partial charge is 0.240 e. The summed E-state index contributed by atoms with van der Waals surface area (Å²) >= 11 is 0. The molecule has 0 saturated carbocycles. The molecule has 6 nitrogen and oxygen atoms in total. The van der Waals surface area contributed by atoms with Crippen molar-refractivity contribution >= 4 is 0 Å². The van der Waals surface area contributed by atoms with Crippen molar-refractivity contribution in [2.45, 2.75) is 32.4 Å². The zero-order chi connectivity index (χ0) is 16.8. The molecule has 1 aromatic heterocycles. The lowest BCUT2D eigenvalue weighted by molar-refractivity contribution is 0.0568. The first-order chi connectivity index (χ1) is 11.8. The summed E-state index contributed by atoms with van der Waals surface area (Å²) in [5, 5.41) is 13.5. The van der Waals surface area contributed by atoms with E-state index < -0.39 is 0 Å². The standard InChI is InChI=1S/C18H26N4O2/c1-2-16(14-23)22-10-8-21(9-11-22)13-18-19-17(20-24-18)12-15-6-4-3-5-7-15/h3-7,16,23H,2,8-14H2,1H3. The summed E-state index contributed by atoms with van der Waals surface area (Å²) in [5.41, 5.74) is 1.19. The minimum atomic E-state index is 0.239. The molecule has 130 valence electrons. The number of hydrogen-bond acceptors (Lipinski definition) is 6. The molecule has 2 heterocycles. The van der Waals surface area contributed by atoms with E-state index in [1.807, 2.05) is 18.2 Å². The molecule has 1 saturated heterocycles. The maximum absolute atomic E-state index is 9.41. The van der Waals surface area contributed by atoms with Crippen molar-refractivity contribution in [1.82, 2.24) is 19.9 Å². The second kappa shape index (κ2) is 8.37. The highest BCUT2D eigenvalue weighted by atomic mass is 16.5. The van der Waals surface area contributed by atoms with Crippen molar-refractivity contribution in [3.63, 3.8) is 0 Å². The van der Waals surface area contributed by atoms with Crippen LogP contribution in [-0.2, 0) is 13.0 Å². The van der Waals surface area contributed by atoms with Gasteiger partial charge in [0.15, 0.2) is 5.82 Å². The normalized spacial score (nSPS) is 17.9. The first-order valence-corrected chi connectivity index (χ1v) is 8.71. The second-order valence-corrected chi connectivity index (χ2v) is 6.32. The topological polar surface area (TPSA) is 65.6 Å². The van der Waals surface area contributed by atoms with Crippen molar-refractivity contribution in [3.05, 3.63) is 47.6 Å². The fraction of sp³-hybridized carbons (Fsp3) is 0.556. The van der Waals surface area contributed by atoms with Crippen LogP contribution in [0.3, 0.4) is 0 Å². The van der Waals surface area contributed by atoms with E-state index in [0.29, 0.717) is 18.9 Å². The molecule has 0 bridgehead atoms. The third kappa shape index (κ3) is 4.41. The number of rotatable bonds is 7. The Morgan fingerprint density at radius 3 is 2.58 bits per heavy atom. The molecule has 0 aliphatic carbocycles. The van der Waals surface area contributed by atoms with Crippen molar-refractivity contribution in [2.24, 2.45) is 0 Å².